The number of sulfone groups is 1. The van der Waals surface area contributed by atoms with Crippen LogP contribution >= 0.6 is 23.2 Å². The van der Waals surface area contributed by atoms with Crippen LogP contribution in [0.2, 0.25) is 10.0 Å². The van der Waals surface area contributed by atoms with Gasteiger partial charge in [-0.25, -0.2) is 17.9 Å². The molecule has 0 bridgehead atoms. The van der Waals surface area contributed by atoms with E-state index in [2.05, 4.69) is 20.7 Å². The molecule has 4 rings (SSSR count). The van der Waals surface area contributed by atoms with Crippen LogP contribution in [0, 0.1) is 0 Å². The normalized spacial score (nSPS) is 11.2. The van der Waals surface area contributed by atoms with Gasteiger partial charge in [-0.1, -0.05) is 59.6 Å². The Morgan fingerprint density at radius 2 is 1.65 bits per heavy atom. The number of hydrogen-bond donors (Lipinski definition) is 2. The summed E-state index contributed by atoms with van der Waals surface area (Å²) >= 11 is 12.1. The number of carbonyl (C=O) groups excluding carboxylic acids is 1. The van der Waals surface area contributed by atoms with Gasteiger partial charge in [0.1, 0.15) is 5.69 Å². The molecule has 2 N–H and O–H groups in total. The van der Waals surface area contributed by atoms with Crippen LogP contribution in [0.4, 0.5) is 16.2 Å². The molecular formula is C25H21Cl2N5O4S. The van der Waals surface area contributed by atoms with Gasteiger partial charge in [-0.15, -0.1) is 0 Å². The maximum absolute atomic E-state index is 12.9. The summed E-state index contributed by atoms with van der Waals surface area (Å²) in [5.74, 6) is 0. The van der Waals surface area contributed by atoms with Gasteiger partial charge in [-0.05, 0) is 30.7 Å². The lowest BCUT2D eigenvalue weighted by molar-refractivity contribution is 0.262. The fourth-order valence-corrected chi connectivity index (χ4v) is 5.03. The van der Waals surface area contributed by atoms with Crippen LogP contribution in [0.1, 0.15) is 6.92 Å². The van der Waals surface area contributed by atoms with Crippen LogP contribution in [-0.4, -0.2) is 35.5 Å². The SMILES string of the molecule is CCn1nc(-c2cccc(-c3ccccc3S(C)(=O)=O)c2)cc(NC(=O)Nc2c(Cl)cncc2Cl)c1=O. The van der Waals surface area contributed by atoms with Gasteiger partial charge in [0.15, 0.2) is 9.84 Å². The number of aromatic nitrogens is 3. The van der Waals surface area contributed by atoms with E-state index in [-0.39, 0.29) is 32.9 Å². The summed E-state index contributed by atoms with van der Waals surface area (Å²) < 4.78 is 25.8. The molecule has 37 heavy (non-hydrogen) atoms. The minimum atomic E-state index is -3.47. The zero-order chi connectivity index (χ0) is 26.7. The quantitative estimate of drug-likeness (QED) is 0.329. The zero-order valence-electron chi connectivity index (χ0n) is 19.7. The molecular weight excluding hydrogens is 537 g/mol. The van der Waals surface area contributed by atoms with Crippen molar-refractivity contribution in [2.45, 2.75) is 18.4 Å². The molecule has 2 heterocycles. The van der Waals surface area contributed by atoms with Crippen LogP contribution in [0.3, 0.4) is 0 Å². The number of amides is 2. The van der Waals surface area contributed by atoms with E-state index in [1.54, 1.807) is 55.5 Å². The summed E-state index contributed by atoms with van der Waals surface area (Å²) in [4.78, 5) is 29.6. The van der Waals surface area contributed by atoms with Crippen molar-refractivity contribution in [3.63, 3.8) is 0 Å². The molecule has 0 saturated heterocycles. The van der Waals surface area contributed by atoms with Gasteiger partial charge >= 0.3 is 6.03 Å². The van der Waals surface area contributed by atoms with E-state index in [1.807, 2.05) is 0 Å². The van der Waals surface area contributed by atoms with E-state index in [9.17, 15) is 18.0 Å². The third-order valence-electron chi connectivity index (χ3n) is 5.37. The summed E-state index contributed by atoms with van der Waals surface area (Å²) in [5, 5.41) is 9.74. The topological polar surface area (TPSA) is 123 Å². The number of hydrogen-bond acceptors (Lipinski definition) is 6. The van der Waals surface area contributed by atoms with E-state index < -0.39 is 21.4 Å². The van der Waals surface area contributed by atoms with Crippen molar-refractivity contribution in [3.05, 3.63) is 87.4 Å². The van der Waals surface area contributed by atoms with Crippen molar-refractivity contribution in [1.82, 2.24) is 14.8 Å². The number of benzene rings is 2. The third kappa shape index (κ3) is 5.82. The zero-order valence-corrected chi connectivity index (χ0v) is 22.0. The molecule has 0 fully saturated rings. The Morgan fingerprint density at radius 1 is 0.973 bits per heavy atom. The first kappa shape index (κ1) is 26.3. The first-order chi connectivity index (χ1) is 17.6. The van der Waals surface area contributed by atoms with Crippen molar-refractivity contribution in [2.24, 2.45) is 0 Å². The number of pyridine rings is 1. The highest BCUT2D eigenvalue weighted by molar-refractivity contribution is 7.90. The molecule has 0 aliphatic carbocycles. The lowest BCUT2D eigenvalue weighted by Crippen LogP contribution is -2.29. The first-order valence-electron chi connectivity index (χ1n) is 11.0. The van der Waals surface area contributed by atoms with Crippen LogP contribution in [-0.2, 0) is 16.4 Å². The average molecular weight is 558 g/mol. The van der Waals surface area contributed by atoms with Gasteiger partial charge in [-0.2, -0.15) is 5.10 Å². The van der Waals surface area contributed by atoms with E-state index in [0.717, 1.165) is 6.26 Å². The molecule has 9 nitrogen and oxygen atoms in total. The lowest BCUT2D eigenvalue weighted by atomic mass is 10.0. The highest BCUT2D eigenvalue weighted by Gasteiger charge is 2.17. The van der Waals surface area contributed by atoms with Gasteiger partial charge in [0.25, 0.3) is 5.56 Å². The molecule has 0 saturated carbocycles. The van der Waals surface area contributed by atoms with E-state index in [0.29, 0.717) is 22.4 Å². The molecule has 0 radical (unpaired) electrons. The smallest absolute Gasteiger partial charge is 0.305 e. The Kier molecular flexibility index (Phi) is 7.63. The van der Waals surface area contributed by atoms with Gasteiger partial charge in [0.2, 0.25) is 0 Å². The number of anilines is 2. The molecule has 12 heteroatoms. The molecule has 2 amide bonds. The predicted molar refractivity (Wildman–Crippen MR) is 145 cm³/mol. The standard InChI is InChI=1S/C25H21Cl2N5O4S/c1-3-32-24(33)21(29-25(34)30-23-18(26)13-28-14-19(23)27)12-20(31-32)16-8-6-7-15(11-16)17-9-4-5-10-22(17)37(2,35)36/h4-14H,3H2,1-2H3,(H2,28,29,30,34). The third-order valence-corrected chi connectivity index (χ3v) is 7.10. The Hall–Kier alpha value is -3.73. The largest absolute Gasteiger partial charge is 0.323 e. The van der Waals surface area contributed by atoms with Gasteiger partial charge in [0.05, 0.1) is 26.3 Å². The fourth-order valence-electron chi connectivity index (χ4n) is 3.66. The Labute approximate surface area is 223 Å². The van der Waals surface area contributed by atoms with Crippen molar-refractivity contribution in [1.29, 1.82) is 0 Å². The second kappa shape index (κ2) is 10.7. The number of urea groups is 1. The first-order valence-corrected chi connectivity index (χ1v) is 13.6. The molecule has 190 valence electrons. The van der Waals surface area contributed by atoms with Crippen LogP contribution in [0.15, 0.2) is 76.7 Å². The fraction of sp³-hybridized carbons (Fsp3) is 0.120. The summed E-state index contributed by atoms with van der Waals surface area (Å²) in [6.45, 7) is 2.00. The van der Waals surface area contributed by atoms with E-state index in [4.69, 9.17) is 23.2 Å². The number of rotatable bonds is 6. The molecule has 0 aliphatic rings. The number of halogens is 2. The van der Waals surface area contributed by atoms with Gasteiger partial charge in [0, 0.05) is 36.3 Å². The Balaban J connectivity index is 1.72. The molecule has 0 spiro atoms. The Morgan fingerprint density at radius 3 is 2.32 bits per heavy atom. The maximum atomic E-state index is 12.9. The van der Waals surface area contributed by atoms with Crippen LogP contribution in [0.25, 0.3) is 22.4 Å². The molecule has 2 aromatic carbocycles. The molecule has 0 unspecified atom stereocenters. The molecule has 0 aliphatic heterocycles. The van der Waals surface area contributed by atoms with Crippen molar-refractivity contribution in [3.8, 4) is 22.4 Å². The van der Waals surface area contributed by atoms with Gasteiger partial charge in [-0.3, -0.25) is 9.78 Å². The molecule has 0 atom stereocenters. The monoisotopic (exact) mass is 557 g/mol. The number of nitrogens with zero attached hydrogens (tertiary/aromatic N) is 3. The summed E-state index contributed by atoms with van der Waals surface area (Å²) in [5.41, 5.74) is 1.84. The molecule has 2 aromatic heterocycles. The van der Waals surface area contributed by atoms with E-state index >= 15 is 0 Å². The highest BCUT2D eigenvalue weighted by Crippen LogP contribution is 2.31. The second-order valence-electron chi connectivity index (χ2n) is 7.97. The van der Waals surface area contributed by atoms with Crippen molar-refractivity contribution >= 4 is 50.4 Å². The van der Waals surface area contributed by atoms with Crippen LogP contribution < -0.4 is 16.2 Å². The van der Waals surface area contributed by atoms with Crippen LogP contribution in [0.5, 0.6) is 0 Å². The highest BCUT2D eigenvalue weighted by atomic mass is 35.5. The number of nitrogens with one attached hydrogen (secondary N) is 2. The summed E-state index contributed by atoms with van der Waals surface area (Å²) in [6.07, 6.45) is 3.81. The predicted octanol–water partition coefficient (Wildman–Crippen LogP) is 5.35. The second-order valence-corrected chi connectivity index (χ2v) is 10.8. The average Bonchev–Trinajstić information content (AvgIpc) is 2.87. The lowest BCUT2D eigenvalue weighted by Gasteiger charge is -2.13. The van der Waals surface area contributed by atoms with Crippen molar-refractivity contribution in [2.75, 3.05) is 16.9 Å². The van der Waals surface area contributed by atoms with Gasteiger partial charge < -0.3 is 10.6 Å². The minimum Gasteiger partial charge on any atom is -0.305 e. The minimum absolute atomic E-state index is 0.0207. The maximum Gasteiger partial charge on any atom is 0.323 e. The number of carbonyl (C=O) groups is 1. The summed E-state index contributed by atoms with van der Waals surface area (Å²) in [6, 6.07) is 14.5. The molecule has 4 aromatic rings. The van der Waals surface area contributed by atoms with Crippen molar-refractivity contribution < 1.29 is 13.2 Å². The van der Waals surface area contributed by atoms with E-state index in [1.165, 1.54) is 23.1 Å². The number of aryl methyl sites for hydroxylation is 1. The Bertz CT molecular complexity index is 1650. The summed E-state index contributed by atoms with van der Waals surface area (Å²) in [7, 11) is -3.47.